The van der Waals surface area contributed by atoms with Crippen molar-refractivity contribution >= 4 is 5.91 Å². The van der Waals surface area contributed by atoms with E-state index >= 15 is 0 Å². The van der Waals surface area contributed by atoms with Gasteiger partial charge in [-0.15, -0.1) is 0 Å². The second kappa shape index (κ2) is 5.71. The quantitative estimate of drug-likeness (QED) is 0.876. The number of nitrogens with one attached hydrogen (secondary N) is 2. The number of rotatable bonds is 3. The van der Waals surface area contributed by atoms with Crippen LogP contribution in [0.1, 0.15) is 23.7 Å². The first-order valence-electron chi connectivity index (χ1n) is 7.12. The number of amides is 1. The van der Waals surface area contributed by atoms with Gasteiger partial charge in [0.05, 0.1) is 0 Å². The number of hydrogen-bond donors (Lipinski definition) is 2. The van der Waals surface area contributed by atoms with Crippen LogP contribution in [0.15, 0.2) is 18.2 Å². The summed E-state index contributed by atoms with van der Waals surface area (Å²) >= 11 is 0. The van der Waals surface area contributed by atoms with Gasteiger partial charge in [-0.2, -0.15) is 0 Å². The van der Waals surface area contributed by atoms with Crippen molar-refractivity contribution in [3.05, 3.63) is 23.8 Å². The van der Waals surface area contributed by atoms with Crippen LogP contribution in [-0.4, -0.2) is 32.3 Å². The summed E-state index contributed by atoms with van der Waals surface area (Å²) in [7, 11) is 0. The second-order valence-corrected chi connectivity index (χ2v) is 5.51. The first-order chi connectivity index (χ1) is 9.74. The molecule has 1 fully saturated rings. The standard InChI is InChI=1S/C15H20N2O3/c1-10-7-16-5-4-12(10)8-17-15(18)11-2-3-13-14(6-11)20-9-19-13/h2-3,6,10,12,16H,4-5,7-9H2,1H3,(H,17,18). The topological polar surface area (TPSA) is 59.6 Å². The van der Waals surface area contributed by atoms with Crippen LogP contribution < -0.4 is 20.1 Å². The Hall–Kier alpha value is -1.75. The van der Waals surface area contributed by atoms with E-state index in [1.54, 1.807) is 18.2 Å². The van der Waals surface area contributed by atoms with Crippen molar-refractivity contribution in [2.75, 3.05) is 26.4 Å². The normalized spacial score (nSPS) is 24.4. The third-order valence-electron chi connectivity index (χ3n) is 4.12. The maximum Gasteiger partial charge on any atom is 0.251 e. The molecule has 1 saturated heterocycles. The van der Waals surface area contributed by atoms with Gasteiger partial charge in [-0.05, 0) is 49.5 Å². The molecule has 5 heteroatoms. The number of ether oxygens (including phenoxy) is 2. The molecule has 2 aliphatic rings. The fourth-order valence-corrected chi connectivity index (χ4v) is 2.74. The molecule has 0 saturated carbocycles. The van der Waals surface area contributed by atoms with Crippen molar-refractivity contribution in [2.45, 2.75) is 13.3 Å². The molecular weight excluding hydrogens is 256 g/mol. The van der Waals surface area contributed by atoms with Crippen molar-refractivity contribution in [1.82, 2.24) is 10.6 Å². The lowest BCUT2D eigenvalue weighted by molar-refractivity contribution is 0.0937. The van der Waals surface area contributed by atoms with E-state index in [-0.39, 0.29) is 12.7 Å². The Kier molecular flexibility index (Phi) is 3.78. The van der Waals surface area contributed by atoms with Crippen molar-refractivity contribution in [2.24, 2.45) is 11.8 Å². The first-order valence-corrected chi connectivity index (χ1v) is 7.12. The van der Waals surface area contributed by atoms with Crippen molar-refractivity contribution < 1.29 is 14.3 Å². The largest absolute Gasteiger partial charge is 0.454 e. The van der Waals surface area contributed by atoms with Crippen LogP contribution in [0.3, 0.4) is 0 Å². The molecule has 2 heterocycles. The Balaban J connectivity index is 1.59. The minimum absolute atomic E-state index is 0.0472. The maximum absolute atomic E-state index is 12.2. The molecule has 0 radical (unpaired) electrons. The molecule has 2 aliphatic heterocycles. The van der Waals surface area contributed by atoms with E-state index in [2.05, 4.69) is 17.6 Å². The highest BCUT2D eigenvalue weighted by atomic mass is 16.7. The lowest BCUT2D eigenvalue weighted by Gasteiger charge is -2.29. The van der Waals surface area contributed by atoms with Gasteiger partial charge in [0.25, 0.3) is 5.91 Å². The minimum Gasteiger partial charge on any atom is -0.454 e. The average Bonchev–Trinajstić information content (AvgIpc) is 2.93. The molecule has 1 amide bonds. The van der Waals surface area contributed by atoms with Gasteiger partial charge in [0.1, 0.15) is 0 Å². The molecule has 1 aromatic rings. The summed E-state index contributed by atoms with van der Waals surface area (Å²) < 4.78 is 10.5. The summed E-state index contributed by atoms with van der Waals surface area (Å²) in [5.41, 5.74) is 0.621. The van der Waals surface area contributed by atoms with E-state index in [4.69, 9.17) is 9.47 Å². The monoisotopic (exact) mass is 276 g/mol. The van der Waals surface area contributed by atoms with E-state index in [1.165, 1.54) is 0 Å². The Morgan fingerprint density at radius 1 is 1.40 bits per heavy atom. The van der Waals surface area contributed by atoms with Crippen LogP contribution in [0.25, 0.3) is 0 Å². The lowest BCUT2D eigenvalue weighted by Crippen LogP contribution is -2.41. The Bertz CT molecular complexity index is 504. The molecule has 108 valence electrons. The number of piperidine rings is 1. The van der Waals surface area contributed by atoms with Gasteiger partial charge in [0, 0.05) is 12.1 Å². The zero-order valence-electron chi connectivity index (χ0n) is 11.6. The number of carbonyl (C=O) groups excluding carboxylic acids is 1. The average molecular weight is 276 g/mol. The van der Waals surface area contributed by atoms with E-state index in [9.17, 15) is 4.79 Å². The van der Waals surface area contributed by atoms with Crippen LogP contribution in [0, 0.1) is 11.8 Å². The molecule has 0 aromatic heterocycles. The van der Waals surface area contributed by atoms with E-state index in [1.807, 2.05) is 0 Å². The van der Waals surface area contributed by atoms with Crippen LogP contribution >= 0.6 is 0 Å². The maximum atomic E-state index is 12.2. The first kappa shape index (κ1) is 13.2. The van der Waals surface area contributed by atoms with E-state index < -0.39 is 0 Å². The third-order valence-corrected chi connectivity index (χ3v) is 4.12. The van der Waals surface area contributed by atoms with Gasteiger partial charge in [0.2, 0.25) is 6.79 Å². The SMILES string of the molecule is CC1CNCCC1CNC(=O)c1ccc2c(c1)OCO2. The number of fused-ring (bicyclic) bond motifs is 1. The molecule has 2 unspecified atom stereocenters. The van der Waals surface area contributed by atoms with Crippen LogP contribution in [0.4, 0.5) is 0 Å². The van der Waals surface area contributed by atoms with Crippen molar-refractivity contribution in [3.63, 3.8) is 0 Å². The number of hydrogen-bond acceptors (Lipinski definition) is 4. The summed E-state index contributed by atoms with van der Waals surface area (Å²) in [6.07, 6.45) is 1.11. The molecule has 5 nitrogen and oxygen atoms in total. The Morgan fingerprint density at radius 2 is 2.25 bits per heavy atom. The number of benzene rings is 1. The van der Waals surface area contributed by atoms with E-state index in [0.717, 1.165) is 26.1 Å². The zero-order valence-corrected chi connectivity index (χ0v) is 11.6. The minimum atomic E-state index is -0.0472. The van der Waals surface area contributed by atoms with Crippen LogP contribution in [0.2, 0.25) is 0 Å². The summed E-state index contributed by atoms with van der Waals surface area (Å²) in [5.74, 6) is 2.45. The number of carbonyl (C=O) groups is 1. The lowest BCUT2D eigenvalue weighted by atomic mass is 9.88. The molecule has 0 aliphatic carbocycles. The third kappa shape index (κ3) is 2.72. The Morgan fingerprint density at radius 3 is 3.10 bits per heavy atom. The summed E-state index contributed by atoms with van der Waals surface area (Å²) in [4.78, 5) is 12.2. The second-order valence-electron chi connectivity index (χ2n) is 5.51. The van der Waals surface area contributed by atoms with Crippen LogP contribution in [-0.2, 0) is 0 Å². The molecule has 3 rings (SSSR count). The molecule has 1 aromatic carbocycles. The van der Waals surface area contributed by atoms with Crippen LogP contribution in [0.5, 0.6) is 11.5 Å². The molecule has 0 bridgehead atoms. The van der Waals surface area contributed by atoms with Gasteiger partial charge in [0.15, 0.2) is 11.5 Å². The molecule has 20 heavy (non-hydrogen) atoms. The Labute approximate surface area is 118 Å². The van der Waals surface area contributed by atoms with Gasteiger partial charge >= 0.3 is 0 Å². The molecule has 2 N–H and O–H groups in total. The summed E-state index contributed by atoms with van der Waals surface area (Å²) in [6, 6.07) is 5.29. The molecule has 0 spiro atoms. The van der Waals surface area contributed by atoms with E-state index in [0.29, 0.717) is 28.9 Å². The van der Waals surface area contributed by atoms with Gasteiger partial charge < -0.3 is 20.1 Å². The predicted molar refractivity (Wildman–Crippen MR) is 75.0 cm³/mol. The highest BCUT2D eigenvalue weighted by Gasteiger charge is 2.22. The summed E-state index contributed by atoms with van der Waals surface area (Å²) in [5, 5.41) is 6.40. The van der Waals surface area contributed by atoms with Crippen molar-refractivity contribution in [3.8, 4) is 11.5 Å². The van der Waals surface area contributed by atoms with Gasteiger partial charge in [-0.25, -0.2) is 0 Å². The zero-order chi connectivity index (χ0) is 13.9. The highest BCUT2D eigenvalue weighted by Crippen LogP contribution is 2.32. The highest BCUT2D eigenvalue weighted by molar-refractivity contribution is 5.94. The fraction of sp³-hybridized carbons (Fsp3) is 0.533. The smallest absolute Gasteiger partial charge is 0.251 e. The van der Waals surface area contributed by atoms with Gasteiger partial charge in [-0.3, -0.25) is 4.79 Å². The molecular formula is C15H20N2O3. The molecule has 2 atom stereocenters. The van der Waals surface area contributed by atoms with Crippen molar-refractivity contribution in [1.29, 1.82) is 0 Å². The fourth-order valence-electron chi connectivity index (χ4n) is 2.74. The summed E-state index contributed by atoms with van der Waals surface area (Å²) in [6.45, 7) is 5.26. The van der Waals surface area contributed by atoms with Gasteiger partial charge in [-0.1, -0.05) is 6.92 Å². The predicted octanol–water partition coefficient (Wildman–Crippen LogP) is 1.39.